The summed E-state index contributed by atoms with van der Waals surface area (Å²) in [6, 6.07) is 5.92. The second-order valence-corrected chi connectivity index (χ2v) is 5.65. The van der Waals surface area contributed by atoms with Gasteiger partial charge in [0, 0.05) is 27.2 Å². The van der Waals surface area contributed by atoms with E-state index in [2.05, 4.69) is 28.8 Å². The first-order chi connectivity index (χ1) is 11.7. The molecule has 0 heterocycles. The summed E-state index contributed by atoms with van der Waals surface area (Å²) in [5, 5.41) is 3.39. The molecule has 0 amide bonds. The lowest BCUT2D eigenvalue weighted by Crippen LogP contribution is -2.39. The summed E-state index contributed by atoms with van der Waals surface area (Å²) in [5.74, 6) is 2.37. The number of halogens is 1. The third kappa shape index (κ3) is 8.47. The molecule has 0 aliphatic rings. The van der Waals surface area contributed by atoms with E-state index in [1.807, 2.05) is 31.3 Å². The van der Waals surface area contributed by atoms with Gasteiger partial charge >= 0.3 is 0 Å². The van der Waals surface area contributed by atoms with Crippen LogP contribution < -0.4 is 14.8 Å². The summed E-state index contributed by atoms with van der Waals surface area (Å²) in [6.45, 7) is 5.43. The Morgan fingerprint density at radius 1 is 1.20 bits per heavy atom. The minimum Gasteiger partial charge on any atom is -0.493 e. The second-order valence-electron chi connectivity index (χ2n) is 5.65. The molecule has 1 aromatic carbocycles. The average Bonchev–Trinajstić information content (AvgIpc) is 2.61. The minimum absolute atomic E-state index is 0. The zero-order chi connectivity index (χ0) is 17.8. The SMILES string of the molecule is C=CCCCCCN(C)C(=NC)NCc1ccc(OC)c(OC)c1.I. The van der Waals surface area contributed by atoms with Gasteiger partial charge in [0.05, 0.1) is 14.2 Å². The lowest BCUT2D eigenvalue weighted by Gasteiger charge is -2.22. The Labute approximate surface area is 169 Å². The van der Waals surface area contributed by atoms with Crippen molar-refractivity contribution in [2.24, 2.45) is 4.99 Å². The maximum atomic E-state index is 5.34. The summed E-state index contributed by atoms with van der Waals surface area (Å²) >= 11 is 0. The molecular formula is C19H32IN3O2. The van der Waals surface area contributed by atoms with E-state index in [-0.39, 0.29) is 24.0 Å². The van der Waals surface area contributed by atoms with Crippen LogP contribution in [0.1, 0.15) is 31.2 Å². The van der Waals surface area contributed by atoms with Crippen molar-refractivity contribution >= 4 is 29.9 Å². The lowest BCUT2D eigenvalue weighted by molar-refractivity contribution is 0.354. The molecule has 0 spiro atoms. The first-order valence-corrected chi connectivity index (χ1v) is 8.39. The highest BCUT2D eigenvalue weighted by Crippen LogP contribution is 2.27. The number of allylic oxidation sites excluding steroid dienone is 1. The third-order valence-corrected chi connectivity index (χ3v) is 3.87. The minimum atomic E-state index is 0. The monoisotopic (exact) mass is 461 g/mol. The van der Waals surface area contributed by atoms with Crippen LogP contribution in [0, 0.1) is 0 Å². The van der Waals surface area contributed by atoms with Crippen molar-refractivity contribution in [3.63, 3.8) is 0 Å². The van der Waals surface area contributed by atoms with E-state index in [4.69, 9.17) is 9.47 Å². The predicted octanol–water partition coefficient (Wildman–Crippen LogP) is 4.08. The van der Waals surface area contributed by atoms with Gasteiger partial charge in [-0.1, -0.05) is 18.6 Å². The highest BCUT2D eigenvalue weighted by atomic mass is 127. The number of aliphatic imine (C=N–C) groups is 1. The van der Waals surface area contributed by atoms with Crippen molar-refractivity contribution in [1.82, 2.24) is 10.2 Å². The Morgan fingerprint density at radius 3 is 2.52 bits per heavy atom. The molecule has 0 bridgehead atoms. The molecule has 5 nitrogen and oxygen atoms in total. The number of rotatable bonds is 10. The van der Waals surface area contributed by atoms with Gasteiger partial charge in [-0.15, -0.1) is 30.6 Å². The molecule has 6 heteroatoms. The summed E-state index contributed by atoms with van der Waals surface area (Å²) < 4.78 is 10.6. The molecule has 0 aliphatic carbocycles. The molecule has 1 N–H and O–H groups in total. The maximum Gasteiger partial charge on any atom is 0.193 e. The maximum absolute atomic E-state index is 5.34. The Kier molecular flexibility index (Phi) is 13.0. The van der Waals surface area contributed by atoms with E-state index in [0.29, 0.717) is 6.54 Å². The van der Waals surface area contributed by atoms with Crippen molar-refractivity contribution in [2.75, 3.05) is 34.9 Å². The fourth-order valence-electron chi connectivity index (χ4n) is 2.48. The van der Waals surface area contributed by atoms with Crippen LogP contribution >= 0.6 is 24.0 Å². The Morgan fingerprint density at radius 2 is 1.92 bits per heavy atom. The molecule has 142 valence electrons. The van der Waals surface area contributed by atoms with E-state index in [1.54, 1.807) is 14.2 Å². The fraction of sp³-hybridized carbons (Fsp3) is 0.526. The molecular weight excluding hydrogens is 429 g/mol. The van der Waals surface area contributed by atoms with Crippen LogP contribution in [0.2, 0.25) is 0 Å². The quantitative estimate of drug-likeness (QED) is 0.188. The summed E-state index contributed by atoms with van der Waals surface area (Å²) in [7, 11) is 7.17. The van der Waals surface area contributed by atoms with Crippen LogP contribution in [-0.4, -0.2) is 45.7 Å². The van der Waals surface area contributed by atoms with Crippen LogP contribution in [0.4, 0.5) is 0 Å². The van der Waals surface area contributed by atoms with Crippen LogP contribution in [0.3, 0.4) is 0 Å². The molecule has 1 rings (SSSR count). The molecule has 0 fully saturated rings. The topological polar surface area (TPSA) is 46.1 Å². The molecule has 25 heavy (non-hydrogen) atoms. The van der Waals surface area contributed by atoms with Crippen molar-refractivity contribution in [3.05, 3.63) is 36.4 Å². The molecule has 0 atom stereocenters. The highest BCUT2D eigenvalue weighted by molar-refractivity contribution is 14.0. The van der Waals surface area contributed by atoms with Crippen molar-refractivity contribution in [2.45, 2.75) is 32.2 Å². The number of nitrogens with one attached hydrogen (secondary N) is 1. The average molecular weight is 461 g/mol. The van der Waals surface area contributed by atoms with Gasteiger partial charge in [0.2, 0.25) is 0 Å². The van der Waals surface area contributed by atoms with Crippen LogP contribution in [0.5, 0.6) is 11.5 Å². The zero-order valence-electron chi connectivity index (χ0n) is 15.9. The summed E-state index contributed by atoms with van der Waals surface area (Å²) in [6.07, 6.45) is 6.64. The van der Waals surface area contributed by atoms with Gasteiger partial charge < -0.3 is 19.7 Å². The molecule has 0 aliphatic heterocycles. The van der Waals surface area contributed by atoms with Gasteiger partial charge in [-0.25, -0.2) is 0 Å². The fourth-order valence-corrected chi connectivity index (χ4v) is 2.48. The van der Waals surface area contributed by atoms with Crippen LogP contribution in [0.25, 0.3) is 0 Å². The van der Waals surface area contributed by atoms with E-state index in [9.17, 15) is 0 Å². The van der Waals surface area contributed by atoms with E-state index >= 15 is 0 Å². The number of hydrogen-bond donors (Lipinski definition) is 1. The Bertz CT molecular complexity index is 535. The van der Waals surface area contributed by atoms with Gasteiger partial charge in [0.25, 0.3) is 0 Å². The van der Waals surface area contributed by atoms with Gasteiger partial charge in [-0.2, -0.15) is 0 Å². The standard InChI is InChI=1S/C19H31N3O2.HI/c1-6-7-8-9-10-13-22(3)19(20-2)21-15-16-11-12-17(23-4)18(14-16)24-5;/h6,11-12,14H,1,7-10,13,15H2,2-5H3,(H,20,21);1H. The second kappa shape index (κ2) is 13.8. The first kappa shape index (κ1) is 23.6. The third-order valence-electron chi connectivity index (χ3n) is 3.87. The zero-order valence-corrected chi connectivity index (χ0v) is 18.2. The molecule has 0 aromatic heterocycles. The van der Waals surface area contributed by atoms with E-state index in [0.717, 1.165) is 42.4 Å². The van der Waals surface area contributed by atoms with Gasteiger partial charge in [0.1, 0.15) is 0 Å². The van der Waals surface area contributed by atoms with Crippen molar-refractivity contribution in [1.29, 1.82) is 0 Å². The predicted molar refractivity (Wildman–Crippen MR) is 116 cm³/mol. The van der Waals surface area contributed by atoms with E-state index < -0.39 is 0 Å². The number of hydrogen-bond acceptors (Lipinski definition) is 3. The molecule has 0 saturated heterocycles. The highest BCUT2D eigenvalue weighted by Gasteiger charge is 2.08. The molecule has 0 saturated carbocycles. The molecule has 0 unspecified atom stereocenters. The lowest BCUT2D eigenvalue weighted by atomic mass is 10.2. The van der Waals surface area contributed by atoms with Crippen LogP contribution in [-0.2, 0) is 6.54 Å². The largest absolute Gasteiger partial charge is 0.493 e. The Balaban J connectivity index is 0.00000576. The Hall–Kier alpha value is -1.44. The van der Waals surface area contributed by atoms with Gasteiger partial charge in [-0.05, 0) is 37.0 Å². The van der Waals surface area contributed by atoms with Crippen molar-refractivity contribution < 1.29 is 9.47 Å². The number of unbranched alkanes of at least 4 members (excludes halogenated alkanes) is 3. The summed E-state index contributed by atoms with van der Waals surface area (Å²) in [4.78, 5) is 6.52. The van der Waals surface area contributed by atoms with E-state index in [1.165, 1.54) is 12.8 Å². The first-order valence-electron chi connectivity index (χ1n) is 8.39. The number of guanidine groups is 1. The van der Waals surface area contributed by atoms with Gasteiger partial charge in [-0.3, -0.25) is 4.99 Å². The number of ether oxygens (including phenoxy) is 2. The number of benzene rings is 1. The molecule has 0 radical (unpaired) electrons. The summed E-state index contributed by atoms with van der Waals surface area (Å²) in [5.41, 5.74) is 1.12. The van der Waals surface area contributed by atoms with Crippen LogP contribution in [0.15, 0.2) is 35.8 Å². The van der Waals surface area contributed by atoms with Crippen molar-refractivity contribution in [3.8, 4) is 11.5 Å². The number of methoxy groups -OCH3 is 2. The molecule has 1 aromatic rings. The van der Waals surface area contributed by atoms with Gasteiger partial charge in [0.15, 0.2) is 17.5 Å². The normalized spacial score (nSPS) is 10.6. The smallest absolute Gasteiger partial charge is 0.193 e. The number of nitrogens with zero attached hydrogens (tertiary/aromatic N) is 2.